The molecule has 1 aromatic rings. The van der Waals surface area contributed by atoms with Crippen molar-refractivity contribution < 1.29 is 8.42 Å². The second-order valence-corrected chi connectivity index (χ2v) is 7.64. The van der Waals surface area contributed by atoms with Crippen molar-refractivity contribution in [3.63, 3.8) is 0 Å². The van der Waals surface area contributed by atoms with E-state index in [0.29, 0.717) is 10.9 Å². The van der Waals surface area contributed by atoms with Crippen molar-refractivity contribution in [3.05, 3.63) is 23.2 Å². The minimum Gasteiger partial charge on any atom is -0.398 e. The second-order valence-electron chi connectivity index (χ2n) is 5.53. The zero-order chi connectivity index (χ0) is 14.8. The minimum atomic E-state index is -3.62. The molecule has 0 bridgehead atoms. The molecule has 2 rings (SSSR count). The molecule has 1 fully saturated rings. The smallest absolute Gasteiger partial charge is 0.242 e. The third-order valence-corrected chi connectivity index (χ3v) is 5.71. The zero-order valence-electron chi connectivity index (χ0n) is 11.6. The summed E-state index contributed by atoms with van der Waals surface area (Å²) in [6.45, 7) is 2.10. The lowest BCUT2D eigenvalue weighted by atomic mass is 9.98. The highest BCUT2D eigenvalue weighted by Gasteiger charge is 2.27. The molecule has 4 nitrogen and oxygen atoms in total. The van der Waals surface area contributed by atoms with E-state index in [1.165, 1.54) is 25.0 Å². The third-order valence-electron chi connectivity index (χ3n) is 3.93. The molecule has 0 spiro atoms. The van der Waals surface area contributed by atoms with Crippen LogP contribution in [0.5, 0.6) is 0 Å². The predicted molar refractivity (Wildman–Crippen MR) is 82.2 cm³/mol. The Morgan fingerprint density at radius 3 is 2.70 bits per heavy atom. The van der Waals surface area contributed by atoms with E-state index >= 15 is 0 Å². The summed E-state index contributed by atoms with van der Waals surface area (Å²) >= 11 is 5.87. The van der Waals surface area contributed by atoms with Gasteiger partial charge in [0.1, 0.15) is 4.90 Å². The zero-order valence-corrected chi connectivity index (χ0v) is 13.2. The van der Waals surface area contributed by atoms with Crippen molar-refractivity contribution in [2.75, 3.05) is 5.73 Å². The monoisotopic (exact) mass is 316 g/mol. The lowest BCUT2D eigenvalue weighted by Crippen LogP contribution is -2.39. The van der Waals surface area contributed by atoms with Crippen molar-refractivity contribution in [2.24, 2.45) is 5.92 Å². The Bertz CT molecular complexity index is 575. The Labute approximate surface area is 125 Å². The van der Waals surface area contributed by atoms with Gasteiger partial charge in [0.15, 0.2) is 0 Å². The fraction of sp³-hybridized carbons (Fsp3) is 0.571. The molecule has 0 amide bonds. The fourth-order valence-corrected chi connectivity index (χ4v) is 4.44. The van der Waals surface area contributed by atoms with Gasteiger partial charge in [0.25, 0.3) is 0 Å². The normalized spacial score (nSPS) is 24.3. The van der Waals surface area contributed by atoms with Crippen molar-refractivity contribution in [1.82, 2.24) is 4.72 Å². The Morgan fingerprint density at radius 1 is 1.25 bits per heavy atom. The lowest BCUT2D eigenvalue weighted by molar-refractivity contribution is 0.399. The summed E-state index contributed by atoms with van der Waals surface area (Å²) in [5, 5.41) is 0.369. The number of sulfonamides is 1. The van der Waals surface area contributed by atoms with Gasteiger partial charge in [-0.3, -0.25) is 0 Å². The molecule has 0 radical (unpaired) electrons. The second kappa shape index (κ2) is 6.33. The van der Waals surface area contributed by atoms with Gasteiger partial charge >= 0.3 is 0 Å². The van der Waals surface area contributed by atoms with Gasteiger partial charge in [0.05, 0.1) is 5.69 Å². The van der Waals surface area contributed by atoms with E-state index in [-0.39, 0.29) is 16.6 Å². The van der Waals surface area contributed by atoms with Gasteiger partial charge in [-0.25, -0.2) is 13.1 Å². The van der Waals surface area contributed by atoms with E-state index in [1.807, 2.05) is 0 Å². The van der Waals surface area contributed by atoms with Crippen LogP contribution in [-0.4, -0.2) is 14.5 Å². The number of hydrogen-bond acceptors (Lipinski definition) is 3. The number of anilines is 1. The van der Waals surface area contributed by atoms with E-state index in [9.17, 15) is 8.42 Å². The third kappa shape index (κ3) is 3.65. The topological polar surface area (TPSA) is 72.2 Å². The first-order valence-corrected chi connectivity index (χ1v) is 8.83. The van der Waals surface area contributed by atoms with Gasteiger partial charge in [-0.05, 0) is 37.0 Å². The number of rotatable bonds is 3. The van der Waals surface area contributed by atoms with Gasteiger partial charge in [-0.15, -0.1) is 0 Å². The summed E-state index contributed by atoms with van der Waals surface area (Å²) in [4.78, 5) is 0.0708. The van der Waals surface area contributed by atoms with Crippen molar-refractivity contribution in [3.8, 4) is 0 Å². The molecule has 2 atom stereocenters. The first-order chi connectivity index (χ1) is 9.40. The van der Waals surface area contributed by atoms with Crippen molar-refractivity contribution in [1.29, 1.82) is 0 Å². The number of nitrogen functional groups attached to an aromatic ring is 1. The highest BCUT2D eigenvalue weighted by molar-refractivity contribution is 7.89. The molecule has 2 unspecified atom stereocenters. The van der Waals surface area contributed by atoms with Crippen molar-refractivity contribution >= 4 is 27.3 Å². The highest BCUT2D eigenvalue weighted by atomic mass is 35.5. The standard InChI is InChI=1S/C14H21ClN2O2S/c1-10-5-3-2-4-6-13(10)17-20(18,19)14-9-11(15)7-8-12(14)16/h7-10,13,17H,2-6,16H2,1H3. The minimum absolute atomic E-state index is 0.0270. The Kier molecular flexibility index (Phi) is 4.94. The number of hydrogen-bond donors (Lipinski definition) is 2. The largest absolute Gasteiger partial charge is 0.398 e. The number of halogens is 1. The molecule has 1 aromatic carbocycles. The molecule has 0 aromatic heterocycles. The van der Waals surface area contributed by atoms with E-state index in [0.717, 1.165) is 19.3 Å². The first-order valence-electron chi connectivity index (χ1n) is 6.97. The number of benzene rings is 1. The predicted octanol–water partition coefficient (Wildman–Crippen LogP) is 3.17. The quantitative estimate of drug-likeness (QED) is 0.664. The Morgan fingerprint density at radius 2 is 1.95 bits per heavy atom. The lowest BCUT2D eigenvalue weighted by Gasteiger charge is -2.23. The van der Waals surface area contributed by atoms with Gasteiger partial charge in [0, 0.05) is 11.1 Å². The first kappa shape index (κ1) is 15.6. The molecule has 112 valence electrons. The van der Waals surface area contributed by atoms with Crippen LogP contribution in [0.3, 0.4) is 0 Å². The molecule has 1 aliphatic carbocycles. The summed E-state index contributed by atoms with van der Waals surface area (Å²) in [6.07, 6.45) is 5.32. The molecule has 1 saturated carbocycles. The molecule has 0 saturated heterocycles. The summed E-state index contributed by atoms with van der Waals surface area (Å²) < 4.78 is 27.8. The maximum atomic E-state index is 12.5. The molecule has 0 heterocycles. The Balaban J connectivity index is 2.24. The number of nitrogens with two attached hydrogens (primary N) is 1. The fourth-order valence-electron chi connectivity index (χ4n) is 2.67. The molecule has 1 aliphatic rings. The van der Waals surface area contributed by atoms with Crippen LogP contribution in [0.1, 0.15) is 39.0 Å². The molecule has 6 heteroatoms. The maximum Gasteiger partial charge on any atom is 0.242 e. The van der Waals surface area contributed by atoms with Crippen LogP contribution in [0.15, 0.2) is 23.1 Å². The summed E-state index contributed by atoms with van der Waals surface area (Å²) in [7, 11) is -3.62. The van der Waals surface area contributed by atoms with Gasteiger partial charge in [-0.2, -0.15) is 0 Å². The van der Waals surface area contributed by atoms with Crippen LogP contribution in [0.25, 0.3) is 0 Å². The van der Waals surface area contributed by atoms with E-state index in [1.54, 1.807) is 6.07 Å². The van der Waals surface area contributed by atoms with Crippen LogP contribution in [0.2, 0.25) is 5.02 Å². The molecule has 3 N–H and O–H groups in total. The van der Waals surface area contributed by atoms with Gasteiger partial charge in [-0.1, -0.05) is 37.8 Å². The van der Waals surface area contributed by atoms with Crippen LogP contribution >= 0.6 is 11.6 Å². The van der Waals surface area contributed by atoms with Gasteiger partial charge in [0.2, 0.25) is 10.0 Å². The average Bonchev–Trinajstić information content (AvgIpc) is 2.57. The molecule has 20 heavy (non-hydrogen) atoms. The van der Waals surface area contributed by atoms with Crippen LogP contribution < -0.4 is 10.5 Å². The van der Waals surface area contributed by atoms with E-state index in [4.69, 9.17) is 17.3 Å². The number of nitrogens with one attached hydrogen (secondary N) is 1. The molecule has 0 aliphatic heterocycles. The van der Waals surface area contributed by atoms with Crippen LogP contribution in [0, 0.1) is 5.92 Å². The SMILES string of the molecule is CC1CCCCCC1NS(=O)(=O)c1cc(Cl)ccc1N. The average molecular weight is 317 g/mol. The van der Waals surface area contributed by atoms with E-state index in [2.05, 4.69) is 11.6 Å². The van der Waals surface area contributed by atoms with Gasteiger partial charge < -0.3 is 5.73 Å². The summed E-state index contributed by atoms with van der Waals surface area (Å²) in [5.74, 6) is 0.340. The Hall–Kier alpha value is -0.780. The van der Waals surface area contributed by atoms with Crippen LogP contribution in [0.4, 0.5) is 5.69 Å². The van der Waals surface area contributed by atoms with E-state index < -0.39 is 10.0 Å². The summed E-state index contributed by atoms with van der Waals surface area (Å²) in [5.41, 5.74) is 5.99. The van der Waals surface area contributed by atoms with Crippen molar-refractivity contribution in [2.45, 2.75) is 50.0 Å². The maximum absolute atomic E-state index is 12.5. The molecular formula is C14H21ClN2O2S. The summed E-state index contributed by atoms with van der Waals surface area (Å²) in [6, 6.07) is 4.49. The highest BCUT2D eigenvalue weighted by Crippen LogP contribution is 2.27. The molecular weight excluding hydrogens is 296 g/mol. The van der Waals surface area contributed by atoms with Crippen LogP contribution in [-0.2, 0) is 10.0 Å².